The first kappa shape index (κ1) is 21.1. The average Bonchev–Trinajstić information content (AvgIpc) is 2.69. The number of carbonyl (C=O) groups excluding carboxylic acids is 1. The molecule has 2 aromatic rings. The van der Waals surface area contributed by atoms with Crippen molar-refractivity contribution >= 4 is 26.7 Å². The number of alkyl halides is 3. The first-order chi connectivity index (χ1) is 13.7. The van der Waals surface area contributed by atoms with E-state index in [1.54, 1.807) is 0 Å². The van der Waals surface area contributed by atoms with E-state index >= 15 is 0 Å². The average molecular weight is 429 g/mol. The second kappa shape index (κ2) is 8.38. The number of hydrogen-bond acceptors (Lipinski definition) is 6. The van der Waals surface area contributed by atoms with Crippen LogP contribution in [-0.4, -0.2) is 40.8 Å². The number of aromatic nitrogens is 2. The fraction of sp³-hybridized carbons (Fsp3) is 0.294. The second-order valence-electron chi connectivity index (χ2n) is 6.20. The Balaban J connectivity index is 1.91. The Morgan fingerprint density at radius 3 is 2.62 bits per heavy atom. The number of ether oxygens (including phenoxy) is 1. The third kappa shape index (κ3) is 4.35. The van der Waals surface area contributed by atoms with Crippen LogP contribution in [0.1, 0.15) is 28.2 Å². The summed E-state index contributed by atoms with van der Waals surface area (Å²) >= 11 is 0. The Kier molecular flexibility index (Phi) is 6.09. The minimum absolute atomic E-state index is 0.00424. The molecule has 0 spiro atoms. The highest BCUT2D eigenvalue weighted by Gasteiger charge is 2.43. The zero-order valence-electron chi connectivity index (χ0n) is 14.8. The number of carbonyl (C=O) groups is 1. The highest BCUT2D eigenvalue weighted by Crippen LogP contribution is 2.39. The number of hydrogen-bond donors (Lipinski definition) is 2. The summed E-state index contributed by atoms with van der Waals surface area (Å²) in [5, 5.41) is 2.44. The summed E-state index contributed by atoms with van der Waals surface area (Å²) < 4.78 is 59.3. The Morgan fingerprint density at radius 1 is 1.28 bits per heavy atom. The highest BCUT2D eigenvalue weighted by molar-refractivity contribution is 7.17. The van der Waals surface area contributed by atoms with E-state index in [-0.39, 0.29) is 36.0 Å². The minimum Gasteiger partial charge on any atom is -0.385 e. The minimum atomic E-state index is -2.82. The van der Waals surface area contributed by atoms with Gasteiger partial charge in [-0.25, -0.2) is 22.5 Å². The van der Waals surface area contributed by atoms with Gasteiger partial charge in [-0.15, -0.1) is 0 Å². The zero-order chi connectivity index (χ0) is 21.2. The third-order valence-electron chi connectivity index (χ3n) is 4.19. The van der Waals surface area contributed by atoms with E-state index < -0.39 is 35.3 Å². The molecule has 12 heteroatoms. The Morgan fingerprint density at radius 2 is 2.03 bits per heavy atom. The number of amides is 1. The number of aliphatic imine (C=N–C) groups is 1. The summed E-state index contributed by atoms with van der Waals surface area (Å²) in [6, 6.07) is 3.49. The normalized spacial score (nSPS) is 20.3. The molecule has 3 atom stereocenters. The molecule has 2 heterocycles. The van der Waals surface area contributed by atoms with Crippen LogP contribution in [0.25, 0.3) is 0 Å². The summed E-state index contributed by atoms with van der Waals surface area (Å²) in [6.45, 7) is -0.266. The zero-order valence-corrected chi connectivity index (χ0v) is 15.9. The van der Waals surface area contributed by atoms with Crippen LogP contribution in [0.15, 0.2) is 35.6 Å². The van der Waals surface area contributed by atoms with Gasteiger partial charge in [0, 0.05) is 11.3 Å². The number of rotatable bonds is 5. The lowest BCUT2D eigenvalue weighted by Crippen LogP contribution is -2.44. The van der Waals surface area contributed by atoms with Crippen molar-refractivity contribution in [1.82, 2.24) is 9.97 Å². The van der Waals surface area contributed by atoms with E-state index in [4.69, 9.17) is 10.5 Å². The molecule has 7 nitrogen and oxygen atoms in total. The lowest BCUT2D eigenvalue weighted by molar-refractivity contribution is 0.0718. The molecular weight excluding hydrogens is 413 g/mol. The van der Waals surface area contributed by atoms with E-state index in [9.17, 15) is 22.4 Å². The van der Waals surface area contributed by atoms with Crippen LogP contribution in [0.2, 0.25) is 0 Å². The first-order valence-corrected chi connectivity index (χ1v) is 8.92. The molecule has 3 N–H and O–H groups in total. The monoisotopic (exact) mass is 429 g/mol. The van der Waals surface area contributed by atoms with Crippen molar-refractivity contribution in [1.29, 1.82) is 0 Å². The van der Waals surface area contributed by atoms with Gasteiger partial charge in [0.2, 0.25) is 0 Å². The molecule has 0 bridgehead atoms. The molecule has 1 aliphatic heterocycles. The first-order valence-electron chi connectivity index (χ1n) is 8.26. The topological polar surface area (TPSA) is 102 Å². The maximum absolute atomic E-state index is 14.5. The summed E-state index contributed by atoms with van der Waals surface area (Å²) in [5.41, 5.74) is 3.05. The lowest BCUT2D eigenvalue weighted by atomic mass is 9.90. The fourth-order valence-electron chi connectivity index (χ4n) is 2.76. The van der Waals surface area contributed by atoms with Crippen molar-refractivity contribution in [2.75, 3.05) is 18.5 Å². The van der Waals surface area contributed by atoms with Gasteiger partial charge < -0.3 is 15.8 Å². The molecule has 1 amide bonds. The summed E-state index contributed by atoms with van der Waals surface area (Å²) in [5.74, 6) is -3.26. The molecule has 0 saturated heterocycles. The van der Waals surface area contributed by atoms with E-state index in [2.05, 4.69) is 20.3 Å². The van der Waals surface area contributed by atoms with Gasteiger partial charge in [-0.2, -0.15) is 0 Å². The number of nitrogens with zero attached hydrogens (tertiary/aromatic N) is 3. The lowest BCUT2D eigenvalue weighted by Gasteiger charge is -2.35. The predicted molar refractivity (Wildman–Crippen MR) is 100 cm³/mol. The van der Waals surface area contributed by atoms with Crippen LogP contribution in [0.4, 0.5) is 23.2 Å². The van der Waals surface area contributed by atoms with Gasteiger partial charge in [0.05, 0.1) is 19.0 Å². The van der Waals surface area contributed by atoms with Crippen molar-refractivity contribution in [2.45, 2.75) is 17.9 Å². The van der Waals surface area contributed by atoms with Gasteiger partial charge in [0.1, 0.15) is 41.1 Å². The largest absolute Gasteiger partial charge is 0.385 e. The summed E-state index contributed by atoms with van der Waals surface area (Å²) in [7, 11) is 1.90. The number of amidine groups is 1. The molecule has 154 valence electrons. The smallest absolute Gasteiger partial charge is 0.281 e. The Labute approximate surface area is 165 Å². The molecule has 1 aromatic carbocycles. The van der Waals surface area contributed by atoms with Gasteiger partial charge in [-0.05, 0) is 18.2 Å². The molecule has 0 aliphatic carbocycles. The molecule has 0 saturated carbocycles. The molecule has 1 aromatic heterocycles. The molecule has 1 aliphatic rings. The predicted octanol–water partition coefficient (Wildman–Crippen LogP) is 2.56. The standard InChI is InChI=1S/C17H16F4N5O2P/c18-10-2-1-8(25-15(27)12-5-23-11(4-24-12)14(19)20)3-9(10)17(16(21)29)7-28-6-13(22)26-17/h1-5,14,16H,6-7,29H2,(H2,22,26)(H,25,27)/t16?,17-/m0/s1. The number of benzene rings is 1. The van der Waals surface area contributed by atoms with Crippen molar-refractivity contribution in [3.05, 3.63) is 53.4 Å². The maximum atomic E-state index is 14.5. The Bertz CT molecular complexity index is 942. The summed E-state index contributed by atoms with van der Waals surface area (Å²) in [6.07, 6.45) is -1.14. The SMILES string of the molecule is NC1=N[C@@](c2cc(NC(=O)c3cnc(C(F)F)cn3)ccc2F)(C(F)P)COC1. The van der Waals surface area contributed by atoms with Gasteiger partial charge >= 0.3 is 0 Å². The van der Waals surface area contributed by atoms with Crippen LogP contribution in [0, 0.1) is 5.82 Å². The Hall–Kier alpha value is -2.65. The van der Waals surface area contributed by atoms with Crippen LogP contribution in [-0.2, 0) is 10.3 Å². The highest BCUT2D eigenvalue weighted by atomic mass is 31.0. The summed E-state index contributed by atoms with van der Waals surface area (Å²) in [4.78, 5) is 23.4. The molecule has 29 heavy (non-hydrogen) atoms. The van der Waals surface area contributed by atoms with Crippen molar-refractivity contribution < 1.29 is 27.1 Å². The number of nitrogens with one attached hydrogen (secondary N) is 1. The van der Waals surface area contributed by atoms with Crippen molar-refractivity contribution in [3.63, 3.8) is 0 Å². The molecule has 3 rings (SSSR count). The van der Waals surface area contributed by atoms with E-state index in [1.165, 1.54) is 12.1 Å². The van der Waals surface area contributed by atoms with Crippen LogP contribution in [0.5, 0.6) is 0 Å². The van der Waals surface area contributed by atoms with Crippen LogP contribution < -0.4 is 11.1 Å². The third-order valence-corrected chi connectivity index (χ3v) is 4.74. The molecule has 2 unspecified atom stereocenters. The van der Waals surface area contributed by atoms with Gasteiger partial charge in [0.15, 0.2) is 0 Å². The number of halogens is 4. The molecule has 0 radical (unpaired) electrons. The van der Waals surface area contributed by atoms with E-state index in [0.29, 0.717) is 0 Å². The number of nitrogens with two attached hydrogens (primary N) is 1. The quantitative estimate of drug-likeness (QED) is 0.562. The van der Waals surface area contributed by atoms with Crippen LogP contribution in [0.3, 0.4) is 0 Å². The van der Waals surface area contributed by atoms with Gasteiger partial charge in [-0.3, -0.25) is 14.8 Å². The van der Waals surface area contributed by atoms with E-state index in [0.717, 1.165) is 18.5 Å². The second-order valence-corrected chi connectivity index (χ2v) is 6.78. The molecule has 0 fully saturated rings. The number of anilines is 1. The van der Waals surface area contributed by atoms with E-state index in [1.807, 2.05) is 9.24 Å². The van der Waals surface area contributed by atoms with Crippen LogP contribution >= 0.6 is 9.24 Å². The molecular formula is C17H16F4N5O2P. The van der Waals surface area contributed by atoms with Crippen molar-refractivity contribution in [3.8, 4) is 0 Å². The maximum Gasteiger partial charge on any atom is 0.281 e. The van der Waals surface area contributed by atoms with Crippen molar-refractivity contribution in [2.24, 2.45) is 10.7 Å². The van der Waals surface area contributed by atoms with Gasteiger partial charge in [-0.1, -0.05) is 9.24 Å². The fourth-order valence-corrected chi connectivity index (χ4v) is 3.11. The van der Waals surface area contributed by atoms with Gasteiger partial charge in [0.25, 0.3) is 12.3 Å².